The predicted molar refractivity (Wildman–Crippen MR) is 98.0 cm³/mol. The molecule has 1 aromatic carbocycles. The zero-order valence-corrected chi connectivity index (χ0v) is 15.0. The molecule has 130 valence electrons. The predicted octanol–water partition coefficient (Wildman–Crippen LogP) is 6.33. The molecule has 0 spiro atoms. The average molecular weight is 340 g/mol. The van der Waals surface area contributed by atoms with Gasteiger partial charge in [-0.05, 0) is 24.6 Å². The number of hydrogen-bond donors (Lipinski definition) is 1. The topological polar surface area (TPSA) is 38.3 Å². The minimum atomic E-state index is -0.283. The highest BCUT2D eigenvalue weighted by atomic mass is 35.5. The molecular formula is C19H30ClNO2. The fourth-order valence-corrected chi connectivity index (χ4v) is 2.66. The smallest absolute Gasteiger partial charge is 0.338 e. The second-order valence-corrected chi connectivity index (χ2v) is 6.18. The molecular weight excluding hydrogens is 310 g/mol. The van der Waals surface area contributed by atoms with E-state index < -0.39 is 0 Å². The molecule has 0 fully saturated rings. The van der Waals surface area contributed by atoms with Gasteiger partial charge in [0.2, 0.25) is 0 Å². The van der Waals surface area contributed by atoms with Crippen molar-refractivity contribution in [3.05, 3.63) is 29.8 Å². The molecule has 3 nitrogen and oxygen atoms in total. The summed E-state index contributed by atoms with van der Waals surface area (Å²) in [6.45, 7) is 2.74. The number of nitrogens with one attached hydrogen (secondary N) is 1. The Bertz CT molecular complexity index is 437. The number of carbonyl (C=O) groups is 1. The zero-order chi connectivity index (χ0) is 16.8. The van der Waals surface area contributed by atoms with Crippen LogP contribution in [0.1, 0.15) is 81.5 Å². The summed E-state index contributed by atoms with van der Waals surface area (Å²) in [5, 5.41) is 0. The Balaban J connectivity index is 1.99. The van der Waals surface area contributed by atoms with E-state index in [4.69, 9.17) is 16.5 Å². The Kier molecular flexibility index (Phi) is 11.4. The number of rotatable bonds is 13. The van der Waals surface area contributed by atoms with Crippen molar-refractivity contribution in [2.24, 2.45) is 0 Å². The molecule has 0 atom stereocenters. The Hall–Kier alpha value is -1.22. The number of esters is 1. The van der Waals surface area contributed by atoms with Gasteiger partial charge in [0.25, 0.3) is 0 Å². The SMILES string of the molecule is CCCCCCCCCCCCOC(=O)c1cccc(NCl)c1. The maximum absolute atomic E-state index is 11.9. The molecule has 23 heavy (non-hydrogen) atoms. The summed E-state index contributed by atoms with van der Waals surface area (Å²) in [6.07, 6.45) is 12.7. The van der Waals surface area contributed by atoms with Crippen LogP contribution in [0.3, 0.4) is 0 Å². The number of halogens is 1. The second kappa shape index (κ2) is 13.2. The van der Waals surface area contributed by atoms with Gasteiger partial charge in [-0.3, -0.25) is 4.84 Å². The molecule has 0 aliphatic rings. The molecule has 0 saturated carbocycles. The van der Waals surface area contributed by atoms with Crippen LogP contribution in [0.4, 0.5) is 5.69 Å². The lowest BCUT2D eigenvalue weighted by atomic mass is 10.1. The van der Waals surface area contributed by atoms with E-state index in [0.29, 0.717) is 17.9 Å². The highest BCUT2D eigenvalue weighted by molar-refractivity contribution is 6.24. The molecule has 1 aromatic rings. The van der Waals surface area contributed by atoms with Crippen molar-refractivity contribution in [2.75, 3.05) is 11.4 Å². The van der Waals surface area contributed by atoms with Crippen LogP contribution in [0.2, 0.25) is 0 Å². The maximum atomic E-state index is 11.9. The van der Waals surface area contributed by atoms with E-state index in [0.717, 1.165) is 12.8 Å². The monoisotopic (exact) mass is 339 g/mol. The first kappa shape index (κ1) is 19.8. The van der Waals surface area contributed by atoms with Crippen molar-refractivity contribution >= 4 is 23.4 Å². The molecule has 4 heteroatoms. The van der Waals surface area contributed by atoms with Gasteiger partial charge in [0.1, 0.15) is 0 Å². The molecule has 0 aromatic heterocycles. The fourth-order valence-electron chi connectivity index (χ4n) is 2.54. The van der Waals surface area contributed by atoms with E-state index >= 15 is 0 Å². The second-order valence-electron chi connectivity index (χ2n) is 5.99. The third kappa shape index (κ3) is 9.50. The van der Waals surface area contributed by atoms with E-state index in [9.17, 15) is 4.79 Å². The largest absolute Gasteiger partial charge is 0.462 e. The van der Waals surface area contributed by atoms with Crippen LogP contribution in [-0.4, -0.2) is 12.6 Å². The van der Waals surface area contributed by atoms with E-state index in [-0.39, 0.29) is 5.97 Å². The molecule has 0 aliphatic heterocycles. The number of unbranched alkanes of at least 4 members (excludes halogenated alkanes) is 9. The van der Waals surface area contributed by atoms with Gasteiger partial charge in [0.05, 0.1) is 12.2 Å². The third-order valence-corrected chi connectivity index (χ3v) is 4.16. The molecule has 0 bridgehead atoms. The summed E-state index contributed by atoms with van der Waals surface area (Å²) in [6, 6.07) is 7.00. The van der Waals surface area contributed by atoms with Crippen molar-refractivity contribution in [2.45, 2.75) is 71.1 Å². The molecule has 0 amide bonds. The molecule has 0 radical (unpaired) electrons. The van der Waals surface area contributed by atoms with Gasteiger partial charge in [-0.2, -0.15) is 0 Å². The van der Waals surface area contributed by atoms with E-state index in [2.05, 4.69) is 11.8 Å². The number of ether oxygens (including phenoxy) is 1. The summed E-state index contributed by atoms with van der Waals surface area (Å²) >= 11 is 5.52. The van der Waals surface area contributed by atoms with Crippen LogP contribution in [0, 0.1) is 0 Å². The summed E-state index contributed by atoms with van der Waals surface area (Å²) < 4.78 is 5.29. The van der Waals surface area contributed by atoms with Crippen LogP contribution < -0.4 is 4.84 Å². The molecule has 0 aliphatic carbocycles. The van der Waals surface area contributed by atoms with E-state index in [1.165, 1.54) is 51.4 Å². The Morgan fingerprint density at radius 1 is 1.00 bits per heavy atom. The lowest BCUT2D eigenvalue weighted by molar-refractivity contribution is 0.0497. The molecule has 0 saturated heterocycles. The van der Waals surface area contributed by atoms with Crippen molar-refractivity contribution in [3.8, 4) is 0 Å². The quantitative estimate of drug-likeness (QED) is 0.259. The van der Waals surface area contributed by atoms with Gasteiger partial charge >= 0.3 is 5.97 Å². The maximum Gasteiger partial charge on any atom is 0.338 e. The van der Waals surface area contributed by atoms with Crippen molar-refractivity contribution < 1.29 is 9.53 Å². The standard InChI is InChI=1S/C19H30ClNO2/c1-2-3-4-5-6-7-8-9-10-11-15-23-19(22)17-13-12-14-18(16-17)21-20/h12-14,16,21H,2-11,15H2,1H3. The van der Waals surface area contributed by atoms with Gasteiger partial charge in [-0.25, -0.2) is 4.79 Å². The average Bonchev–Trinajstić information content (AvgIpc) is 2.59. The summed E-state index contributed by atoms with van der Waals surface area (Å²) in [5.41, 5.74) is 1.22. The summed E-state index contributed by atoms with van der Waals surface area (Å²) in [7, 11) is 0. The highest BCUT2D eigenvalue weighted by Crippen LogP contribution is 2.13. The van der Waals surface area contributed by atoms with Crippen LogP contribution in [0.5, 0.6) is 0 Å². The Morgan fingerprint density at radius 2 is 1.61 bits per heavy atom. The van der Waals surface area contributed by atoms with Gasteiger partial charge in [-0.1, -0.05) is 70.8 Å². The van der Waals surface area contributed by atoms with E-state index in [1.807, 2.05) is 0 Å². The first-order chi connectivity index (χ1) is 11.3. The third-order valence-electron chi connectivity index (χ3n) is 3.94. The molecule has 0 unspecified atom stereocenters. The first-order valence-corrected chi connectivity index (χ1v) is 9.29. The summed E-state index contributed by atoms with van der Waals surface area (Å²) in [4.78, 5) is 14.4. The minimum absolute atomic E-state index is 0.283. The number of carbonyl (C=O) groups excluding carboxylic acids is 1. The van der Waals surface area contributed by atoms with Crippen molar-refractivity contribution in [1.29, 1.82) is 0 Å². The lowest BCUT2D eigenvalue weighted by Gasteiger charge is -2.06. The Labute approximate surface area is 145 Å². The van der Waals surface area contributed by atoms with Crippen LogP contribution in [-0.2, 0) is 4.74 Å². The normalized spacial score (nSPS) is 10.5. The molecule has 1 rings (SSSR count). The van der Waals surface area contributed by atoms with Gasteiger partial charge in [-0.15, -0.1) is 0 Å². The van der Waals surface area contributed by atoms with Crippen LogP contribution in [0.15, 0.2) is 24.3 Å². The number of benzene rings is 1. The number of hydrogen-bond acceptors (Lipinski definition) is 3. The number of anilines is 1. The van der Waals surface area contributed by atoms with Gasteiger partial charge in [0.15, 0.2) is 0 Å². The lowest BCUT2D eigenvalue weighted by Crippen LogP contribution is -2.06. The van der Waals surface area contributed by atoms with Gasteiger partial charge < -0.3 is 4.74 Å². The summed E-state index contributed by atoms with van der Waals surface area (Å²) in [5.74, 6) is -0.283. The van der Waals surface area contributed by atoms with Crippen LogP contribution in [0.25, 0.3) is 0 Å². The Morgan fingerprint density at radius 3 is 2.22 bits per heavy atom. The fraction of sp³-hybridized carbons (Fsp3) is 0.632. The highest BCUT2D eigenvalue weighted by Gasteiger charge is 2.07. The van der Waals surface area contributed by atoms with Crippen molar-refractivity contribution in [3.63, 3.8) is 0 Å². The molecule has 1 N–H and O–H groups in total. The zero-order valence-electron chi connectivity index (χ0n) is 14.3. The first-order valence-electron chi connectivity index (χ1n) is 8.91. The minimum Gasteiger partial charge on any atom is -0.462 e. The van der Waals surface area contributed by atoms with E-state index in [1.54, 1.807) is 24.3 Å². The molecule has 0 heterocycles. The van der Waals surface area contributed by atoms with Gasteiger partial charge in [0, 0.05) is 17.5 Å². The van der Waals surface area contributed by atoms with Crippen molar-refractivity contribution in [1.82, 2.24) is 0 Å². The van der Waals surface area contributed by atoms with Crippen LogP contribution >= 0.6 is 11.8 Å².